The minimum atomic E-state index is -0.0827. The van der Waals surface area contributed by atoms with Crippen molar-refractivity contribution in [3.05, 3.63) is 139 Å². The van der Waals surface area contributed by atoms with Gasteiger partial charge in [-0.05, 0) is 82.3 Å². The first-order chi connectivity index (χ1) is 20.0. The maximum atomic E-state index is 4.28. The Kier molecular flexibility index (Phi) is 5.93. The van der Waals surface area contributed by atoms with Crippen LogP contribution in [0.25, 0.3) is 33.4 Å². The van der Waals surface area contributed by atoms with Gasteiger partial charge in [-0.1, -0.05) is 62.4 Å². The number of rotatable bonds is 4. The average molecular weight is 532 g/mol. The van der Waals surface area contributed by atoms with E-state index in [0.29, 0.717) is 0 Å². The molecule has 0 saturated carbocycles. The molecule has 3 heterocycles. The third-order valence-electron chi connectivity index (χ3n) is 8.25. The Bertz CT molecular complexity index is 1750. The van der Waals surface area contributed by atoms with E-state index in [4.69, 9.17) is 0 Å². The molecule has 5 heteroatoms. The molecule has 0 N–H and O–H groups in total. The van der Waals surface area contributed by atoms with E-state index in [1.54, 1.807) is 12.7 Å². The lowest BCUT2D eigenvalue weighted by molar-refractivity contribution is 0.632. The highest BCUT2D eigenvalue weighted by molar-refractivity contribution is 5.88. The molecule has 5 nitrogen and oxygen atoms in total. The van der Waals surface area contributed by atoms with Crippen LogP contribution in [0.4, 0.5) is 17.1 Å². The maximum absolute atomic E-state index is 4.28. The Morgan fingerprint density at radius 2 is 1.00 bits per heavy atom. The van der Waals surface area contributed by atoms with Crippen molar-refractivity contribution in [2.45, 2.75) is 26.2 Å². The number of fused-ring (bicyclic) bond motifs is 2. The van der Waals surface area contributed by atoms with Gasteiger partial charge < -0.3 is 4.90 Å². The van der Waals surface area contributed by atoms with E-state index in [0.717, 1.165) is 44.6 Å². The third kappa shape index (κ3) is 4.18. The van der Waals surface area contributed by atoms with Crippen LogP contribution in [0.2, 0.25) is 0 Å². The minimum Gasteiger partial charge on any atom is -0.310 e. The van der Waals surface area contributed by atoms with Gasteiger partial charge in [0.25, 0.3) is 0 Å². The second kappa shape index (κ2) is 9.79. The van der Waals surface area contributed by atoms with Gasteiger partial charge in [0, 0.05) is 47.0 Å². The molecule has 0 unspecified atom stereocenters. The largest absolute Gasteiger partial charge is 0.310 e. The molecule has 2 aromatic heterocycles. The number of benzene rings is 4. The Morgan fingerprint density at radius 1 is 0.537 bits per heavy atom. The molecule has 0 atom stereocenters. The maximum Gasteiger partial charge on any atom is 0.115 e. The molecule has 6 aromatic rings. The lowest BCUT2D eigenvalue weighted by atomic mass is 9.73. The third-order valence-corrected chi connectivity index (χ3v) is 8.25. The van der Waals surface area contributed by atoms with Gasteiger partial charge in [0.05, 0.1) is 11.4 Å². The van der Waals surface area contributed by atoms with Gasteiger partial charge in [-0.2, -0.15) is 0 Å². The molecule has 0 bridgehead atoms. The van der Waals surface area contributed by atoms with Crippen LogP contribution in [-0.2, 0) is 5.41 Å². The standard InChI is InChI=1S/C36H29N5/c1-24-30(27-18-37-22-38-19-27)16-26(17-31(24)28-20-39-23-40-21-28)25-12-14-29(15-13-25)41-34-10-6-4-8-32(34)36(2,3)33-9-5-7-11-35(33)41/h4-23H,1-3H3. The second-order valence-electron chi connectivity index (χ2n) is 11.0. The normalized spacial score (nSPS) is 13.4. The van der Waals surface area contributed by atoms with Crippen LogP contribution in [0.1, 0.15) is 30.5 Å². The van der Waals surface area contributed by atoms with Crippen LogP contribution < -0.4 is 4.90 Å². The van der Waals surface area contributed by atoms with Crippen molar-refractivity contribution < 1.29 is 0 Å². The monoisotopic (exact) mass is 531 g/mol. The molecule has 0 fully saturated rings. The second-order valence-corrected chi connectivity index (χ2v) is 11.0. The summed E-state index contributed by atoms with van der Waals surface area (Å²) in [4.78, 5) is 19.5. The van der Waals surface area contributed by atoms with Gasteiger partial charge in [0.15, 0.2) is 0 Å². The highest BCUT2D eigenvalue weighted by Crippen LogP contribution is 2.51. The van der Waals surface area contributed by atoms with Gasteiger partial charge in [0.2, 0.25) is 0 Å². The molecule has 4 aromatic carbocycles. The Labute approximate surface area is 240 Å². The van der Waals surface area contributed by atoms with Gasteiger partial charge in [-0.15, -0.1) is 0 Å². The van der Waals surface area contributed by atoms with Crippen LogP contribution >= 0.6 is 0 Å². The van der Waals surface area contributed by atoms with Crippen LogP contribution in [-0.4, -0.2) is 19.9 Å². The first-order valence-electron chi connectivity index (χ1n) is 13.8. The van der Waals surface area contributed by atoms with Gasteiger partial charge in [0.1, 0.15) is 12.7 Å². The number of hydrogen-bond donors (Lipinski definition) is 0. The number of aromatic nitrogens is 4. The molecule has 0 amide bonds. The van der Waals surface area contributed by atoms with E-state index >= 15 is 0 Å². The Hall–Kier alpha value is -5.16. The highest BCUT2D eigenvalue weighted by atomic mass is 15.2. The predicted molar refractivity (Wildman–Crippen MR) is 165 cm³/mol. The smallest absolute Gasteiger partial charge is 0.115 e. The summed E-state index contributed by atoms with van der Waals surface area (Å²) in [7, 11) is 0. The lowest BCUT2D eigenvalue weighted by Crippen LogP contribution is -2.30. The zero-order valence-corrected chi connectivity index (χ0v) is 23.3. The topological polar surface area (TPSA) is 54.8 Å². The quantitative estimate of drug-likeness (QED) is 0.228. The number of anilines is 3. The van der Waals surface area contributed by atoms with Gasteiger partial charge in [-0.25, -0.2) is 19.9 Å². The summed E-state index contributed by atoms with van der Waals surface area (Å²) in [6.45, 7) is 6.75. The fraction of sp³-hybridized carbons (Fsp3) is 0.111. The number of para-hydroxylation sites is 2. The van der Waals surface area contributed by atoms with E-state index in [2.05, 4.69) is 131 Å². The van der Waals surface area contributed by atoms with E-state index in [1.165, 1.54) is 22.5 Å². The summed E-state index contributed by atoms with van der Waals surface area (Å²) in [6.07, 6.45) is 10.6. The van der Waals surface area contributed by atoms with Crippen molar-refractivity contribution in [1.29, 1.82) is 0 Å². The molecule has 1 aliphatic rings. The van der Waals surface area contributed by atoms with E-state index in [1.807, 2.05) is 24.8 Å². The first kappa shape index (κ1) is 24.9. The summed E-state index contributed by atoms with van der Waals surface area (Å²) in [6, 6.07) is 30.8. The van der Waals surface area contributed by atoms with Crippen LogP contribution in [0.5, 0.6) is 0 Å². The first-order valence-corrected chi connectivity index (χ1v) is 13.8. The molecule has 198 valence electrons. The van der Waals surface area contributed by atoms with Crippen molar-refractivity contribution >= 4 is 17.1 Å². The molecule has 41 heavy (non-hydrogen) atoms. The SMILES string of the molecule is Cc1c(-c2cncnc2)cc(-c2ccc(N3c4ccccc4C(C)(C)c4ccccc43)cc2)cc1-c1cncnc1. The molecule has 0 aliphatic carbocycles. The molecule has 1 aliphatic heterocycles. The molecule has 0 spiro atoms. The summed E-state index contributed by atoms with van der Waals surface area (Å²) in [5, 5.41) is 0. The predicted octanol–water partition coefficient (Wildman–Crippen LogP) is 8.69. The number of hydrogen-bond acceptors (Lipinski definition) is 5. The Balaban J connectivity index is 1.36. The van der Waals surface area contributed by atoms with Crippen LogP contribution in [0.15, 0.2) is 122 Å². The Morgan fingerprint density at radius 3 is 1.49 bits per heavy atom. The summed E-state index contributed by atoms with van der Waals surface area (Å²) in [5.41, 5.74) is 13.6. The zero-order valence-electron chi connectivity index (χ0n) is 23.3. The fourth-order valence-corrected chi connectivity index (χ4v) is 6.11. The van der Waals surface area contributed by atoms with Crippen LogP contribution in [0, 0.1) is 6.92 Å². The van der Waals surface area contributed by atoms with Crippen molar-refractivity contribution in [2.75, 3.05) is 4.90 Å². The van der Waals surface area contributed by atoms with Crippen molar-refractivity contribution in [2.24, 2.45) is 0 Å². The molecule has 0 saturated heterocycles. The van der Waals surface area contributed by atoms with Crippen LogP contribution in [0.3, 0.4) is 0 Å². The fourth-order valence-electron chi connectivity index (χ4n) is 6.11. The molecular weight excluding hydrogens is 502 g/mol. The van der Waals surface area contributed by atoms with Crippen molar-refractivity contribution in [3.63, 3.8) is 0 Å². The average Bonchev–Trinajstić information content (AvgIpc) is 3.03. The highest BCUT2D eigenvalue weighted by Gasteiger charge is 2.36. The van der Waals surface area contributed by atoms with Crippen molar-refractivity contribution in [1.82, 2.24) is 19.9 Å². The minimum absolute atomic E-state index is 0.0827. The van der Waals surface area contributed by atoms with E-state index in [9.17, 15) is 0 Å². The molecule has 0 radical (unpaired) electrons. The van der Waals surface area contributed by atoms with E-state index in [-0.39, 0.29) is 5.41 Å². The summed E-state index contributed by atoms with van der Waals surface area (Å²) in [5.74, 6) is 0. The summed E-state index contributed by atoms with van der Waals surface area (Å²) < 4.78 is 0. The van der Waals surface area contributed by atoms with E-state index < -0.39 is 0 Å². The van der Waals surface area contributed by atoms with Crippen molar-refractivity contribution in [3.8, 4) is 33.4 Å². The molecule has 7 rings (SSSR count). The van der Waals surface area contributed by atoms with Gasteiger partial charge in [-0.3, -0.25) is 0 Å². The number of nitrogens with zero attached hydrogens (tertiary/aromatic N) is 5. The van der Waals surface area contributed by atoms with Gasteiger partial charge >= 0.3 is 0 Å². The lowest BCUT2D eigenvalue weighted by Gasteiger charge is -2.42. The zero-order chi connectivity index (χ0) is 28.0. The molecular formula is C36H29N5. The summed E-state index contributed by atoms with van der Waals surface area (Å²) >= 11 is 0.